The van der Waals surface area contributed by atoms with Crippen LogP contribution in [0.4, 0.5) is 5.82 Å². The second kappa shape index (κ2) is 8.88. The van der Waals surface area contributed by atoms with Crippen molar-refractivity contribution < 1.29 is 4.74 Å². The van der Waals surface area contributed by atoms with Gasteiger partial charge in [-0.1, -0.05) is 24.3 Å². The number of para-hydroxylation sites is 1. The number of hydrogen-bond acceptors (Lipinski definition) is 6. The van der Waals surface area contributed by atoms with Crippen LogP contribution in [0.25, 0.3) is 22.3 Å². The van der Waals surface area contributed by atoms with Crippen molar-refractivity contribution in [2.45, 2.75) is 6.04 Å². The number of likely N-dealkylation sites (N-methyl/N-ethyl adjacent to an activating group) is 1. The third kappa shape index (κ3) is 4.23. The first-order chi connectivity index (χ1) is 14.7. The van der Waals surface area contributed by atoms with Crippen molar-refractivity contribution in [1.82, 2.24) is 19.9 Å². The Morgan fingerprint density at radius 1 is 0.967 bits per heavy atom. The minimum atomic E-state index is 0.151. The molecular weight excluding hydrogens is 374 g/mol. The molecule has 4 rings (SSSR count). The summed E-state index contributed by atoms with van der Waals surface area (Å²) in [6, 6.07) is 20.2. The maximum Gasteiger partial charge on any atom is 0.162 e. The SMILES string of the molecule is COc1cccc(C(CNc2nc(-c3ccncc3)nc3ccccc23)N(C)C)c1. The van der Waals surface area contributed by atoms with Crippen LogP contribution in [-0.4, -0.2) is 47.6 Å². The maximum absolute atomic E-state index is 5.41. The molecule has 0 saturated carbocycles. The summed E-state index contributed by atoms with van der Waals surface area (Å²) < 4.78 is 5.41. The van der Waals surface area contributed by atoms with Crippen LogP contribution in [0.15, 0.2) is 73.1 Å². The van der Waals surface area contributed by atoms with E-state index in [4.69, 9.17) is 14.7 Å². The summed E-state index contributed by atoms with van der Waals surface area (Å²) >= 11 is 0. The minimum absolute atomic E-state index is 0.151. The number of nitrogens with one attached hydrogen (secondary N) is 1. The van der Waals surface area contributed by atoms with Crippen LogP contribution in [0.2, 0.25) is 0 Å². The quantitative estimate of drug-likeness (QED) is 0.496. The van der Waals surface area contributed by atoms with Crippen molar-refractivity contribution in [2.75, 3.05) is 33.1 Å². The Morgan fingerprint density at radius 2 is 1.77 bits per heavy atom. The fourth-order valence-corrected chi connectivity index (χ4v) is 3.48. The summed E-state index contributed by atoms with van der Waals surface area (Å²) in [7, 11) is 5.84. The van der Waals surface area contributed by atoms with Crippen molar-refractivity contribution in [3.8, 4) is 17.1 Å². The number of rotatable bonds is 7. The molecule has 2 aromatic carbocycles. The molecule has 0 bridgehead atoms. The van der Waals surface area contributed by atoms with Crippen molar-refractivity contribution in [2.24, 2.45) is 0 Å². The zero-order valence-corrected chi connectivity index (χ0v) is 17.4. The number of benzene rings is 2. The molecule has 0 saturated heterocycles. The van der Waals surface area contributed by atoms with Crippen LogP contribution in [0.1, 0.15) is 11.6 Å². The highest BCUT2D eigenvalue weighted by molar-refractivity contribution is 5.90. The highest BCUT2D eigenvalue weighted by atomic mass is 16.5. The molecule has 0 aliphatic rings. The molecule has 30 heavy (non-hydrogen) atoms. The van der Waals surface area contributed by atoms with Crippen LogP contribution in [0, 0.1) is 0 Å². The summed E-state index contributed by atoms with van der Waals surface area (Å²) in [4.78, 5) is 15.9. The molecule has 1 N–H and O–H groups in total. The van der Waals surface area contributed by atoms with Gasteiger partial charge in [-0.2, -0.15) is 0 Å². The first kappa shape index (κ1) is 19.8. The lowest BCUT2D eigenvalue weighted by atomic mass is 10.1. The summed E-state index contributed by atoms with van der Waals surface area (Å²) in [6.45, 7) is 0.691. The number of hydrogen-bond donors (Lipinski definition) is 1. The van der Waals surface area contributed by atoms with Gasteiger partial charge in [0.05, 0.1) is 18.7 Å². The van der Waals surface area contributed by atoms with Crippen LogP contribution in [-0.2, 0) is 0 Å². The maximum atomic E-state index is 5.41. The lowest BCUT2D eigenvalue weighted by Crippen LogP contribution is -2.27. The fraction of sp³-hybridized carbons (Fsp3) is 0.208. The second-order valence-electron chi connectivity index (χ2n) is 7.29. The van der Waals surface area contributed by atoms with Crippen LogP contribution >= 0.6 is 0 Å². The zero-order chi connectivity index (χ0) is 20.9. The third-order valence-corrected chi connectivity index (χ3v) is 5.11. The van der Waals surface area contributed by atoms with E-state index in [0.29, 0.717) is 12.4 Å². The molecule has 0 aliphatic heterocycles. The molecule has 6 nitrogen and oxygen atoms in total. The Kier molecular flexibility index (Phi) is 5.86. The number of aromatic nitrogens is 3. The first-order valence-electron chi connectivity index (χ1n) is 9.87. The number of fused-ring (bicyclic) bond motifs is 1. The minimum Gasteiger partial charge on any atom is -0.497 e. The summed E-state index contributed by atoms with van der Waals surface area (Å²) in [6.07, 6.45) is 3.51. The normalized spacial score (nSPS) is 12.1. The lowest BCUT2D eigenvalue weighted by molar-refractivity contribution is 0.310. The fourth-order valence-electron chi connectivity index (χ4n) is 3.48. The predicted molar refractivity (Wildman–Crippen MR) is 121 cm³/mol. The van der Waals surface area contributed by atoms with E-state index in [0.717, 1.165) is 28.0 Å². The molecule has 4 aromatic rings. The van der Waals surface area contributed by atoms with Crippen molar-refractivity contribution in [1.29, 1.82) is 0 Å². The molecule has 0 radical (unpaired) electrons. The Bertz CT molecular complexity index is 1130. The zero-order valence-electron chi connectivity index (χ0n) is 17.4. The van der Waals surface area contributed by atoms with E-state index < -0.39 is 0 Å². The van der Waals surface area contributed by atoms with Gasteiger partial charge in [-0.25, -0.2) is 9.97 Å². The van der Waals surface area contributed by atoms with E-state index in [1.165, 1.54) is 5.56 Å². The monoisotopic (exact) mass is 399 g/mol. The average molecular weight is 399 g/mol. The molecule has 6 heteroatoms. The summed E-state index contributed by atoms with van der Waals surface area (Å²) in [5.74, 6) is 2.36. The van der Waals surface area contributed by atoms with Gasteiger partial charge in [0.1, 0.15) is 11.6 Å². The van der Waals surface area contributed by atoms with E-state index >= 15 is 0 Å². The molecule has 152 valence electrons. The van der Waals surface area contributed by atoms with Gasteiger partial charge in [-0.3, -0.25) is 4.98 Å². The van der Waals surface area contributed by atoms with Crippen LogP contribution in [0.3, 0.4) is 0 Å². The molecule has 0 spiro atoms. The van der Waals surface area contributed by atoms with Crippen LogP contribution in [0.5, 0.6) is 5.75 Å². The van der Waals surface area contributed by atoms with Gasteiger partial charge in [-0.05, 0) is 56.1 Å². The Morgan fingerprint density at radius 3 is 2.53 bits per heavy atom. The molecule has 2 heterocycles. The van der Waals surface area contributed by atoms with Crippen LogP contribution < -0.4 is 10.1 Å². The highest BCUT2D eigenvalue weighted by Gasteiger charge is 2.16. The van der Waals surface area contributed by atoms with Crippen molar-refractivity contribution >= 4 is 16.7 Å². The predicted octanol–water partition coefficient (Wildman–Crippen LogP) is 4.42. The van der Waals surface area contributed by atoms with E-state index in [2.05, 4.69) is 41.4 Å². The van der Waals surface area contributed by atoms with Gasteiger partial charge in [-0.15, -0.1) is 0 Å². The van der Waals surface area contributed by atoms with Gasteiger partial charge in [0.2, 0.25) is 0 Å². The van der Waals surface area contributed by atoms with E-state index in [1.54, 1.807) is 19.5 Å². The summed E-state index contributed by atoms with van der Waals surface area (Å²) in [5, 5.41) is 4.56. The van der Waals surface area contributed by atoms with Crippen molar-refractivity contribution in [3.63, 3.8) is 0 Å². The van der Waals surface area contributed by atoms with Gasteiger partial charge in [0.15, 0.2) is 5.82 Å². The largest absolute Gasteiger partial charge is 0.497 e. The molecular formula is C24H25N5O. The molecule has 1 atom stereocenters. The number of ether oxygens (including phenoxy) is 1. The Hall–Kier alpha value is -3.51. The Balaban J connectivity index is 1.68. The van der Waals surface area contributed by atoms with E-state index in [-0.39, 0.29) is 6.04 Å². The average Bonchev–Trinajstić information content (AvgIpc) is 2.79. The van der Waals surface area contributed by atoms with Gasteiger partial charge < -0.3 is 15.0 Å². The van der Waals surface area contributed by atoms with Gasteiger partial charge in [0, 0.05) is 29.9 Å². The number of methoxy groups -OCH3 is 1. The highest BCUT2D eigenvalue weighted by Crippen LogP contribution is 2.27. The van der Waals surface area contributed by atoms with E-state index in [1.807, 2.05) is 48.5 Å². The topological polar surface area (TPSA) is 63.2 Å². The van der Waals surface area contributed by atoms with Gasteiger partial charge in [0.25, 0.3) is 0 Å². The number of nitrogens with zero attached hydrogens (tertiary/aromatic N) is 4. The Labute approximate surface area is 176 Å². The number of anilines is 1. The smallest absolute Gasteiger partial charge is 0.162 e. The lowest BCUT2D eigenvalue weighted by Gasteiger charge is -2.26. The standard InChI is InChI=1S/C24H25N5O/c1-29(2)22(18-7-6-8-19(15-18)30-3)16-26-24-20-9-4-5-10-21(20)27-23(28-24)17-11-13-25-14-12-17/h4-15,22H,16H2,1-3H3,(H,26,27,28). The van der Waals surface area contributed by atoms with Crippen molar-refractivity contribution in [3.05, 3.63) is 78.6 Å². The molecule has 0 aliphatic carbocycles. The molecule has 1 unspecified atom stereocenters. The molecule has 0 fully saturated rings. The summed E-state index contributed by atoms with van der Waals surface area (Å²) in [5.41, 5.74) is 3.03. The molecule has 2 aromatic heterocycles. The number of pyridine rings is 1. The van der Waals surface area contributed by atoms with Gasteiger partial charge >= 0.3 is 0 Å². The second-order valence-corrected chi connectivity index (χ2v) is 7.29. The first-order valence-corrected chi connectivity index (χ1v) is 9.87. The third-order valence-electron chi connectivity index (χ3n) is 5.11. The van der Waals surface area contributed by atoms with E-state index in [9.17, 15) is 0 Å². The molecule has 0 amide bonds.